The van der Waals surface area contributed by atoms with Crippen LogP contribution in [0.3, 0.4) is 0 Å². The highest BCUT2D eigenvalue weighted by molar-refractivity contribution is 6.54. The van der Waals surface area contributed by atoms with E-state index in [1.807, 2.05) is 0 Å². The van der Waals surface area contributed by atoms with Crippen molar-refractivity contribution in [3.05, 3.63) is 23.7 Å². The van der Waals surface area contributed by atoms with Gasteiger partial charge in [0, 0.05) is 11.8 Å². The van der Waals surface area contributed by atoms with Crippen LogP contribution in [0.1, 0.15) is 39.8 Å². The van der Waals surface area contributed by atoms with Crippen LogP contribution in [-0.4, -0.2) is 28.1 Å². The molecular formula is C12H16BF3N2O2. The van der Waals surface area contributed by atoms with E-state index in [4.69, 9.17) is 9.31 Å². The second-order valence-corrected chi connectivity index (χ2v) is 5.65. The molecule has 0 unspecified atom stereocenters. The van der Waals surface area contributed by atoms with Gasteiger partial charge in [0.05, 0.1) is 17.4 Å². The molecule has 0 atom stereocenters. The maximum absolute atomic E-state index is 14.1. The molecule has 0 aromatic carbocycles. The van der Waals surface area contributed by atoms with E-state index in [0.29, 0.717) is 4.68 Å². The first kappa shape index (κ1) is 15.1. The minimum absolute atomic E-state index is 0.220. The first-order valence-electron chi connectivity index (χ1n) is 6.17. The first-order valence-corrected chi connectivity index (χ1v) is 6.17. The van der Waals surface area contributed by atoms with Crippen LogP contribution in [0.5, 0.6) is 0 Å². The van der Waals surface area contributed by atoms with Gasteiger partial charge in [-0.25, -0.2) is 9.07 Å². The number of rotatable bonds is 3. The molecule has 1 saturated heterocycles. The van der Waals surface area contributed by atoms with Crippen molar-refractivity contribution >= 4 is 13.2 Å². The first-order chi connectivity index (χ1) is 9.12. The van der Waals surface area contributed by atoms with Gasteiger partial charge in [-0.1, -0.05) is 0 Å². The van der Waals surface area contributed by atoms with Gasteiger partial charge in [-0.05, 0) is 33.8 Å². The molecule has 110 valence electrons. The summed E-state index contributed by atoms with van der Waals surface area (Å²) < 4.78 is 50.3. The molecule has 1 aliphatic heterocycles. The fraction of sp³-hybridized carbons (Fsp3) is 0.583. The molecule has 0 saturated carbocycles. The van der Waals surface area contributed by atoms with Crippen molar-refractivity contribution in [2.45, 2.75) is 45.4 Å². The fourth-order valence-corrected chi connectivity index (χ4v) is 1.72. The number of nitrogens with zero attached hydrogens (tertiary/aromatic N) is 2. The Morgan fingerprint density at radius 2 is 1.85 bits per heavy atom. The molecule has 0 N–H and O–H groups in total. The van der Waals surface area contributed by atoms with Crippen LogP contribution >= 0.6 is 0 Å². The summed E-state index contributed by atoms with van der Waals surface area (Å²) in [5, 5.41) is 3.43. The Morgan fingerprint density at radius 3 is 2.30 bits per heavy atom. The molecule has 20 heavy (non-hydrogen) atoms. The van der Waals surface area contributed by atoms with Crippen molar-refractivity contribution in [1.29, 1.82) is 0 Å². The van der Waals surface area contributed by atoms with Crippen molar-refractivity contribution < 1.29 is 22.5 Å². The van der Waals surface area contributed by atoms with E-state index in [2.05, 4.69) is 5.10 Å². The van der Waals surface area contributed by atoms with Crippen LogP contribution in [0, 0.1) is 0 Å². The lowest BCUT2D eigenvalue weighted by Gasteiger charge is -2.32. The van der Waals surface area contributed by atoms with Gasteiger partial charge >= 0.3 is 13.7 Å². The number of hydrogen-bond donors (Lipinski definition) is 0. The summed E-state index contributed by atoms with van der Waals surface area (Å²) in [4.78, 5) is 0. The number of aromatic nitrogens is 2. The average Bonchev–Trinajstić information content (AvgIpc) is 2.83. The maximum Gasteiger partial charge on any atom is 0.525 e. The van der Waals surface area contributed by atoms with Gasteiger partial charge in [0.2, 0.25) is 0 Å². The molecule has 0 aliphatic carbocycles. The predicted octanol–water partition coefficient (Wildman–Crippen LogP) is 3.22. The Balaban J connectivity index is 2.15. The van der Waals surface area contributed by atoms with Crippen LogP contribution in [0.25, 0.3) is 6.08 Å². The van der Waals surface area contributed by atoms with Gasteiger partial charge in [0.1, 0.15) is 5.73 Å². The SMILES string of the molecule is CC1(C)OB(C(F)=Cc2cnn(C(F)F)c2)OC1(C)C. The van der Waals surface area contributed by atoms with E-state index in [1.54, 1.807) is 27.7 Å². The summed E-state index contributed by atoms with van der Waals surface area (Å²) in [6.45, 7) is 4.45. The zero-order chi connectivity index (χ0) is 15.1. The summed E-state index contributed by atoms with van der Waals surface area (Å²) in [7, 11) is -1.14. The fourth-order valence-electron chi connectivity index (χ4n) is 1.72. The summed E-state index contributed by atoms with van der Waals surface area (Å²) in [6, 6.07) is 0. The Labute approximate surface area is 115 Å². The standard InChI is InChI=1S/C12H16BF3N2O2/c1-11(2)12(3,4)20-13(19-11)9(14)5-8-6-17-18(7-8)10(15)16/h5-7,10H,1-4H3. The normalized spacial score (nSPS) is 21.8. The molecule has 2 heterocycles. The van der Waals surface area contributed by atoms with E-state index >= 15 is 0 Å². The molecular weight excluding hydrogens is 272 g/mol. The molecule has 8 heteroatoms. The lowest BCUT2D eigenvalue weighted by atomic mass is 9.87. The Morgan fingerprint density at radius 1 is 1.30 bits per heavy atom. The highest BCUT2D eigenvalue weighted by atomic mass is 19.3. The quantitative estimate of drug-likeness (QED) is 0.801. The molecule has 1 fully saturated rings. The number of halogens is 3. The van der Waals surface area contributed by atoms with Crippen LogP contribution in [-0.2, 0) is 9.31 Å². The summed E-state index contributed by atoms with van der Waals surface area (Å²) >= 11 is 0. The smallest absolute Gasteiger partial charge is 0.398 e. The van der Waals surface area contributed by atoms with Crippen LogP contribution in [0.15, 0.2) is 18.1 Å². The van der Waals surface area contributed by atoms with Gasteiger partial charge in [0.15, 0.2) is 0 Å². The number of alkyl halides is 2. The average molecular weight is 288 g/mol. The molecule has 1 aliphatic rings. The third-order valence-corrected chi connectivity index (χ3v) is 3.60. The van der Waals surface area contributed by atoms with Crippen molar-refractivity contribution in [3.63, 3.8) is 0 Å². The van der Waals surface area contributed by atoms with Gasteiger partial charge in [-0.3, -0.25) is 0 Å². The summed E-state index contributed by atoms with van der Waals surface area (Å²) in [5.41, 5.74) is -1.78. The molecule has 0 radical (unpaired) electrons. The van der Waals surface area contributed by atoms with E-state index in [0.717, 1.165) is 18.5 Å². The monoisotopic (exact) mass is 288 g/mol. The largest absolute Gasteiger partial charge is 0.525 e. The Bertz CT molecular complexity index is 513. The van der Waals surface area contributed by atoms with Crippen molar-refractivity contribution in [1.82, 2.24) is 9.78 Å². The third-order valence-electron chi connectivity index (χ3n) is 3.60. The topological polar surface area (TPSA) is 36.3 Å². The lowest BCUT2D eigenvalue weighted by Crippen LogP contribution is -2.41. The second kappa shape index (κ2) is 4.93. The summed E-state index contributed by atoms with van der Waals surface area (Å²) in [5.74, 6) is 0. The third kappa shape index (κ3) is 2.76. The Kier molecular flexibility index (Phi) is 3.72. The Hall–Kier alpha value is -1.28. The van der Waals surface area contributed by atoms with Gasteiger partial charge in [-0.15, -0.1) is 0 Å². The van der Waals surface area contributed by atoms with E-state index in [9.17, 15) is 13.2 Å². The van der Waals surface area contributed by atoms with Crippen molar-refractivity contribution in [2.24, 2.45) is 0 Å². The maximum atomic E-state index is 14.1. The van der Waals surface area contributed by atoms with E-state index in [1.165, 1.54) is 0 Å². The summed E-state index contributed by atoms with van der Waals surface area (Å²) in [6.07, 6.45) is 3.28. The minimum atomic E-state index is -2.75. The lowest BCUT2D eigenvalue weighted by molar-refractivity contribution is 0.00578. The zero-order valence-corrected chi connectivity index (χ0v) is 11.7. The van der Waals surface area contributed by atoms with Gasteiger partial charge in [-0.2, -0.15) is 13.9 Å². The molecule has 4 nitrogen and oxygen atoms in total. The van der Waals surface area contributed by atoms with Gasteiger partial charge < -0.3 is 9.31 Å². The van der Waals surface area contributed by atoms with Crippen molar-refractivity contribution in [2.75, 3.05) is 0 Å². The van der Waals surface area contributed by atoms with Crippen LogP contribution in [0.4, 0.5) is 13.2 Å². The van der Waals surface area contributed by atoms with Gasteiger partial charge in [0.25, 0.3) is 0 Å². The number of hydrogen-bond acceptors (Lipinski definition) is 3. The van der Waals surface area contributed by atoms with Crippen LogP contribution in [0.2, 0.25) is 0 Å². The second-order valence-electron chi connectivity index (χ2n) is 5.65. The van der Waals surface area contributed by atoms with Crippen LogP contribution < -0.4 is 0 Å². The molecule has 0 amide bonds. The molecule has 2 rings (SSSR count). The molecule has 0 spiro atoms. The molecule has 0 bridgehead atoms. The van der Waals surface area contributed by atoms with E-state index in [-0.39, 0.29) is 5.56 Å². The molecule has 1 aromatic heterocycles. The molecule has 1 aromatic rings. The zero-order valence-electron chi connectivity index (χ0n) is 11.7. The highest BCUT2D eigenvalue weighted by Crippen LogP contribution is 2.39. The highest BCUT2D eigenvalue weighted by Gasteiger charge is 2.53. The van der Waals surface area contributed by atoms with Crippen molar-refractivity contribution in [3.8, 4) is 0 Å². The predicted molar refractivity (Wildman–Crippen MR) is 68.6 cm³/mol. The van der Waals surface area contributed by atoms with E-state index < -0.39 is 30.6 Å². The minimum Gasteiger partial charge on any atom is -0.398 e.